The van der Waals surface area contributed by atoms with Crippen LogP contribution in [0.1, 0.15) is 102 Å². The fourth-order valence-corrected chi connectivity index (χ4v) is 4.07. The average Bonchev–Trinajstić information content (AvgIpc) is 2.89. The first kappa shape index (κ1) is 26.1. The van der Waals surface area contributed by atoms with Crippen molar-refractivity contribution in [1.82, 2.24) is 10.2 Å². The summed E-state index contributed by atoms with van der Waals surface area (Å²) in [5.41, 5.74) is 4.00. The van der Waals surface area contributed by atoms with Crippen LogP contribution in [-0.4, -0.2) is 48.3 Å². The van der Waals surface area contributed by atoms with Crippen molar-refractivity contribution in [2.45, 2.75) is 90.9 Å². The van der Waals surface area contributed by atoms with Crippen molar-refractivity contribution in [3.8, 4) is 0 Å². The summed E-state index contributed by atoms with van der Waals surface area (Å²) in [6.45, 7) is 7.21. The highest BCUT2D eigenvalue weighted by atomic mass is 16.5. The molecule has 0 N–H and O–H groups in total. The fraction of sp³-hybridized carbons (Fsp3) is 0.643. The van der Waals surface area contributed by atoms with Gasteiger partial charge in [-0.25, -0.2) is 0 Å². The molecule has 6 heteroatoms. The van der Waals surface area contributed by atoms with Crippen LogP contribution in [0.4, 0.5) is 0 Å². The van der Waals surface area contributed by atoms with Gasteiger partial charge in [0.1, 0.15) is 0 Å². The zero-order valence-electron chi connectivity index (χ0n) is 21.2. The second-order valence-electron chi connectivity index (χ2n) is 9.12. The summed E-state index contributed by atoms with van der Waals surface area (Å²) < 4.78 is 11.7. The normalized spacial score (nSPS) is 15.8. The molecule has 6 nitrogen and oxygen atoms in total. The van der Waals surface area contributed by atoms with Gasteiger partial charge in [0, 0.05) is 12.8 Å². The van der Waals surface area contributed by atoms with Crippen molar-refractivity contribution in [2.24, 2.45) is 9.98 Å². The quantitative estimate of drug-likeness (QED) is 0.282. The van der Waals surface area contributed by atoms with Crippen molar-refractivity contribution in [1.29, 1.82) is 0 Å². The van der Waals surface area contributed by atoms with Gasteiger partial charge >= 0.3 is 0 Å². The third-order valence-corrected chi connectivity index (χ3v) is 6.25. The van der Waals surface area contributed by atoms with Crippen LogP contribution < -0.4 is 0 Å². The Hall–Kier alpha value is -2.50. The molecule has 3 heterocycles. The van der Waals surface area contributed by atoms with Gasteiger partial charge in [0.05, 0.1) is 37.7 Å². The molecule has 0 unspecified atom stereocenters. The maximum atomic E-state index is 5.84. The van der Waals surface area contributed by atoms with Crippen LogP contribution >= 0.6 is 0 Å². The van der Waals surface area contributed by atoms with Crippen molar-refractivity contribution in [3.05, 3.63) is 35.7 Å². The summed E-state index contributed by atoms with van der Waals surface area (Å²) in [4.78, 5) is 9.20. The van der Waals surface area contributed by atoms with Crippen LogP contribution in [0.15, 0.2) is 34.3 Å². The molecule has 0 saturated heterocycles. The molecule has 34 heavy (non-hydrogen) atoms. The Balaban J connectivity index is 1.37. The molecule has 2 aliphatic rings. The predicted molar refractivity (Wildman–Crippen MR) is 141 cm³/mol. The summed E-state index contributed by atoms with van der Waals surface area (Å²) in [5, 5.41) is 8.92. The number of aliphatic imine (C=N–C) groups is 2. The van der Waals surface area contributed by atoms with E-state index in [0.717, 1.165) is 73.2 Å². The highest BCUT2D eigenvalue weighted by molar-refractivity contribution is 5.85. The van der Waals surface area contributed by atoms with E-state index in [-0.39, 0.29) is 0 Å². The Labute approximate surface area is 205 Å². The lowest BCUT2D eigenvalue weighted by Gasteiger charge is -2.15. The zero-order valence-corrected chi connectivity index (χ0v) is 21.2. The van der Waals surface area contributed by atoms with E-state index < -0.39 is 0 Å². The lowest BCUT2D eigenvalue weighted by molar-refractivity contribution is 0.285. The molecular formula is C28H42N4O2. The van der Waals surface area contributed by atoms with Gasteiger partial charge in [-0.1, -0.05) is 77.4 Å². The van der Waals surface area contributed by atoms with Crippen molar-refractivity contribution in [3.63, 3.8) is 0 Å². The SMILES string of the molecule is CCCCCCCOC1=NCC(c2ccc(C3=CCC(OCCCCCCC)=NC3)nn2)=CC1. The van der Waals surface area contributed by atoms with Gasteiger partial charge < -0.3 is 9.47 Å². The van der Waals surface area contributed by atoms with Crippen molar-refractivity contribution >= 4 is 22.9 Å². The molecule has 186 valence electrons. The predicted octanol–water partition coefficient (Wildman–Crippen LogP) is 6.82. The number of rotatable bonds is 14. The largest absolute Gasteiger partial charge is 0.481 e. The molecule has 2 aliphatic heterocycles. The van der Waals surface area contributed by atoms with Gasteiger partial charge in [0.2, 0.25) is 0 Å². The Bertz CT molecular complexity index is 785. The first-order chi connectivity index (χ1) is 16.8. The van der Waals surface area contributed by atoms with Crippen LogP contribution in [0.3, 0.4) is 0 Å². The van der Waals surface area contributed by atoms with E-state index in [0.29, 0.717) is 13.1 Å². The third-order valence-electron chi connectivity index (χ3n) is 6.25. The summed E-state index contributed by atoms with van der Waals surface area (Å²) in [6, 6.07) is 4.08. The van der Waals surface area contributed by atoms with Gasteiger partial charge in [0.25, 0.3) is 0 Å². The first-order valence-corrected chi connectivity index (χ1v) is 13.3. The van der Waals surface area contributed by atoms with Gasteiger partial charge in [-0.15, -0.1) is 0 Å². The van der Waals surface area contributed by atoms with E-state index in [1.165, 1.54) is 51.4 Å². The van der Waals surface area contributed by atoms with Crippen LogP contribution in [-0.2, 0) is 9.47 Å². The van der Waals surface area contributed by atoms with E-state index in [4.69, 9.17) is 9.47 Å². The zero-order chi connectivity index (χ0) is 23.8. The third kappa shape index (κ3) is 9.03. The lowest BCUT2D eigenvalue weighted by atomic mass is 10.1. The van der Waals surface area contributed by atoms with Crippen molar-refractivity contribution < 1.29 is 9.47 Å². The van der Waals surface area contributed by atoms with E-state index >= 15 is 0 Å². The molecule has 3 rings (SSSR count). The average molecular weight is 467 g/mol. The molecule has 0 bridgehead atoms. The van der Waals surface area contributed by atoms with Crippen LogP contribution in [0.25, 0.3) is 11.1 Å². The molecule has 1 aromatic heterocycles. The number of hydrogen-bond acceptors (Lipinski definition) is 6. The van der Waals surface area contributed by atoms with Crippen LogP contribution in [0.5, 0.6) is 0 Å². The second-order valence-corrected chi connectivity index (χ2v) is 9.12. The monoisotopic (exact) mass is 466 g/mol. The van der Waals surface area contributed by atoms with Gasteiger partial charge in [0.15, 0.2) is 11.8 Å². The fourth-order valence-electron chi connectivity index (χ4n) is 4.07. The minimum Gasteiger partial charge on any atom is -0.481 e. The summed E-state index contributed by atoms with van der Waals surface area (Å²) in [6.07, 6.45) is 18.2. The Kier molecular flexibility index (Phi) is 11.8. The lowest BCUT2D eigenvalue weighted by Crippen LogP contribution is -2.12. The number of nitrogens with zero attached hydrogens (tertiary/aromatic N) is 4. The van der Waals surface area contributed by atoms with Crippen molar-refractivity contribution in [2.75, 3.05) is 26.3 Å². The topological polar surface area (TPSA) is 69.0 Å². The van der Waals surface area contributed by atoms with Gasteiger partial charge in [-0.3, -0.25) is 9.98 Å². The molecule has 0 amide bonds. The standard InChI is InChI=1S/C28H42N4O2/c1-3-5-7-9-11-19-33-27-17-13-23(21-29-27)25-15-16-26(32-31-25)24-14-18-28(30-22-24)34-20-12-10-8-6-4-2/h13-16H,3-12,17-22H2,1-2H3. The minimum absolute atomic E-state index is 0.603. The minimum atomic E-state index is 0.603. The maximum Gasteiger partial charge on any atom is 0.187 e. The molecule has 0 atom stereocenters. The van der Waals surface area contributed by atoms with Gasteiger partial charge in [-0.05, 0) is 36.1 Å². The van der Waals surface area contributed by atoms with Crippen LogP contribution in [0.2, 0.25) is 0 Å². The highest BCUT2D eigenvalue weighted by Gasteiger charge is 2.14. The number of aromatic nitrogens is 2. The number of ether oxygens (including phenoxy) is 2. The molecule has 0 radical (unpaired) electrons. The Morgan fingerprint density at radius 2 is 1.06 bits per heavy atom. The molecule has 0 spiro atoms. The molecule has 0 fully saturated rings. The smallest absolute Gasteiger partial charge is 0.187 e. The van der Waals surface area contributed by atoms with E-state index in [2.05, 4.69) is 46.2 Å². The second kappa shape index (κ2) is 15.4. The summed E-state index contributed by atoms with van der Waals surface area (Å²) >= 11 is 0. The first-order valence-electron chi connectivity index (χ1n) is 13.3. The highest BCUT2D eigenvalue weighted by Crippen LogP contribution is 2.21. The van der Waals surface area contributed by atoms with E-state index in [1.807, 2.05) is 12.1 Å². The molecule has 0 saturated carbocycles. The molecule has 1 aromatic rings. The van der Waals surface area contributed by atoms with Gasteiger partial charge in [-0.2, -0.15) is 10.2 Å². The maximum absolute atomic E-state index is 5.84. The number of unbranched alkanes of at least 4 members (excludes halogenated alkanes) is 8. The number of dihydropyridines is 2. The molecule has 0 aromatic carbocycles. The van der Waals surface area contributed by atoms with E-state index in [1.54, 1.807) is 0 Å². The van der Waals surface area contributed by atoms with E-state index in [9.17, 15) is 0 Å². The number of hydrogen-bond donors (Lipinski definition) is 0. The summed E-state index contributed by atoms with van der Waals surface area (Å²) in [5.74, 6) is 1.68. The van der Waals surface area contributed by atoms with Crippen LogP contribution in [0, 0.1) is 0 Å². The molecular weight excluding hydrogens is 424 g/mol. The summed E-state index contributed by atoms with van der Waals surface area (Å²) in [7, 11) is 0. The Morgan fingerprint density at radius 3 is 1.41 bits per heavy atom. The molecule has 0 aliphatic carbocycles. The Morgan fingerprint density at radius 1 is 0.618 bits per heavy atom.